The Balaban J connectivity index is 1.41. The van der Waals surface area contributed by atoms with Gasteiger partial charge in [0.15, 0.2) is 11.5 Å². The van der Waals surface area contributed by atoms with Gasteiger partial charge >= 0.3 is 0 Å². The molecule has 0 spiro atoms. The van der Waals surface area contributed by atoms with Crippen LogP contribution in [-0.4, -0.2) is 37.9 Å². The van der Waals surface area contributed by atoms with Crippen LogP contribution in [0.25, 0.3) is 11.2 Å². The molecule has 2 aromatic heterocycles. The van der Waals surface area contributed by atoms with Crippen molar-refractivity contribution in [3.8, 4) is 0 Å². The van der Waals surface area contributed by atoms with Crippen LogP contribution in [-0.2, 0) is 0 Å². The molecule has 1 aromatic carbocycles. The minimum absolute atomic E-state index is 0.0111. The molecule has 1 fully saturated rings. The quantitative estimate of drug-likeness (QED) is 0.680. The summed E-state index contributed by atoms with van der Waals surface area (Å²) in [5.41, 5.74) is 2.17. The van der Waals surface area contributed by atoms with Crippen molar-refractivity contribution >= 4 is 22.9 Å². The number of aromatic nitrogens is 4. The summed E-state index contributed by atoms with van der Waals surface area (Å²) < 4.78 is 0. The lowest BCUT2D eigenvalue weighted by Crippen LogP contribution is -2.41. The van der Waals surface area contributed by atoms with Crippen molar-refractivity contribution in [1.82, 2.24) is 25.3 Å². The number of amides is 1. The van der Waals surface area contributed by atoms with Crippen molar-refractivity contribution in [2.45, 2.75) is 37.8 Å². The van der Waals surface area contributed by atoms with Crippen LogP contribution >= 0.6 is 0 Å². The van der Waals surface area contributed by atoms with Crippen LogP contribution in [0.2, 0.25) is 0 Å². The van der Waals surface area contributed by atoms with Crippen molar-refractivity contribution in [2.24, 2.45) is 0 Å². The van der Waals surface area contributed by atoms with E-state index in [1.165, 1.54) is 6.33 Å². The zero-order valence-electron chi connectivity index (χ0n) is 13.8. The molecule has 25 heavy (non-hydrogen) atoms. The van der Waals surface area contributed by atoms with E-state index in [1.54, 1.807) is 6.33 Å². The van der Waals surface area contributed by atoms with Gasteiger partial charge in [-0.25, -0.2) is 15.0 Å². The zero-order chi connectivity index (χ0) is 17.1. The van der Waals surface area contributed by atoms with E-state index in [1.807, 2.05) is 30.3 Å². The van der Waals surface area contributed by atoms with Crippen molar-refractivity contribution in [3.05, 3.63) is 48.5 Å². The number of benzene rings is 1. The Morgan fingerprint density at radius 3 is 2.80 bits per heavy atom. The fourth-order valence-corrected chi connectivity index (χ4v) is 3.37. The van der Waals surface area contributed by atoms with E-state index in [2.05, 4.69) is 30.6 Å². The molecule has 2 unspecified atom stereocenters. The standard InChI is InChI=1S/C18H20N6O/c25-18(12-5-2-1-3-6-12)24-14-8-4-7-13(9-14)23-17-15-16(20-10-19-15)21-11-22-17/h1-3,5-6,10-11,13-14H,4,7-9H2,(H,24,25)(H2,19,20,21,22,23). The Hall–Kier alpha value is -2.96. The molecule has 0 aliphatic heterocycles. The number of rotatable bonds is 4. The molecule has 4 rings (SSSR count). The first-order valence-electron chi connectivity index (χ1n) is 8.56. The van der Waals surface area contributed by atoms with Gasteiger partial charge in [0.05, 0.1) is 6.33 Å². The average Bonchev–Trinajstić information content (AvgIpc) is 3.13. The largest absolute Gasteiger partial charge is 0.365 e. The fraction of sp³-hybridized carbons (Fsp3) is 0.333. The first kappa shape index (κ1) is 15.6. The molecule has 2 heterocycles. The van der Waals surface area contributed by atoms with Crippen LogP contribution in [0.3, 0.4) is 0 Å². The minimum Gasteiger partial charge on any atom is -0.365 e. The Kier molecular flexibility index (Phi) is 4.28. The van der Waals surface area contributed by atoms with E-state index in [-0.39, 0.29) is 18.0 Å². The lowest BCUT2D eigenvalue weighted by molar-refractivity contribution is 0.0926. The van der Waals surface area contributed by atoms with E-state index >= 15 is 0 Å². The normalized spacial score (nSPS) is 20.3. The molecule has 128 valence electrons. The van der Waals surface area contributed by atoms with Gasteiger partial charge in [-0.15, -0.1) is 0 Å². The first-order valence-corrected chi connectivity index (χ1v) is 8.56. The molecule has 0 radical (unpaired) electrons. The van der Waals surface area contributed by atoms with Crippen molar-refractivity contribution in [2.75, 3.05) is 5.32 Å². The lowest BCUT2D eigenvalue weighted by Gasteiger charge is -2.30. The zero-order valence-corrected chi connectivity index (χ0v) is 13.8. The molecule has 1 amide bonds. The lowest BCUT2D eigenvalue weighted by atomic mass is 9.90. The molecular formula is C18H20N6O. The molecule has 1 saturated carbocycles. The number of aromatic amines is 1. The molecule has 2 atom stereocenters. The van der Waals surface area contributed by atoms with Gasteiger partial charge in [0.25, 0.3) is 5.91 Å². The fourth-order valence-electron chi connectivity index (χ4n) is 3.37. The number of nitrogens with zero attached hydrogens (tertiary/aromatic N) is 3. The number of hydrogen-bond acceptors (Lipinski definition) is 5. The second-order valence-corrected chi connectivity index (χ2v) is 6.37. The van der Waals surface area contributed by atoms with Crippen LogP contribution in [0.4, 0.5) is 5.82 Å². The molecule has 3 N–H and O–H groups in total. The summed E-state index contributed by atoms with van der Waals surface area (Å²) in [6, 6.07) is 9.76. The summed E-state index contributed by atoms with van der Waals surface area (Å²) in [5, 5.41) is 6.62. The minimum atomic E-state index is -0.0111. The number of carbonyl (C=O) groups excluding carboxylic acids is 1. The third-order valence-electron chi connectivity index (χ3n) is 4.60. The molecule has 3 aromatic rings. The van der Waals surface area contributed by atoms with E-state index < -0.39 is 0 Å². The number of hydrogen-bond donors (Lipinski definition) is 3. The summed E-state index contributed by atoms with van der Waals surface area (Å²) in [6.45, 7) is 0. The highest BCUT2D eigenvalue weighted by Crippen LogP contribution is 2.24. The maximum absolute atomic E-state index is 12.4. The number of imidazole rings is 1. The van der Waals surface area contributed by atoms with Gasteiger partial charge in [-0.3, -0.25) is 4.79 Å². The third-order valence-corrected chi connectivity index (χ3v) is 4.60. The SMILES string of the molecule is O=C(NC1CCCC(Nc2ncnc3[nH]cnc23)C1)c1ccccc1. The molecule has 1 aliphatic carbocycles. The first-order chi connectivity index (χ1) is 12.3. The van der Waals surface area contributed by atoms with E-state index in [4.69, 9.17) is 0 Å². The van der Waals surface area contributed by atoms with Crippen molar-refractivity contribution in [3.63, 3.8) is 0 Å². The maximum atomic E-state index is 12.4. The van der Waals surface area contributed by atoms with E-state index in [0.717, 1.165) is 42.7 Å². The van der Waals surface area contributed by atoms with Crippen molar-refractivity contribution in [1.29, 1.82) is 0 Å². The second kappa shape index (κ2) is 6.88. The molecule has 0 bridgehead atoms. The number of anilines is 1. The number of fused-ring (bicyclic) bond motifs is 1. The van der Waals surface area contributed by atoms with Crippen molar-refractivity contribution < 1.29 is 4.79 Å². The molecule has 0 saturated heterocycles. The van der Waals surface area contributed by atoms with Gasteiger partial charge in [-0.05, 0) is 37.8 Å². The van der Waals surface area contributed by atoms with Gasteiger partial charge in [0.1, 0.15) is 11.8 Å². The third kappa shape index (κ3) is 3.45. The Labute approximate surface area is 145 Å². The predicted octanol–water partition coefficient (Wildman–Crippen LogP) is 2.51. The molecule has 7 heteroatoms. The monoisotopic (exact) mass is 336 g/mol. The van der Waals surface area contributed by atoms with Crippen LogP contribution in [0.1, 0.15) is 36.0 Å². The average molecular weight is 336 g/mol. The van der Waals surface area contributed by atoms with Crippen LogP contribution in [0.5, 0.6) is 0 Å². The number of H-pyrrole nitrogens is 1. The van der Waals surface area contributed by atoms with Gasteiger partial charge < -0.3 is 15.6 Å². The summed E-state index contributed by atoms with van der Waals surface area (Å²) >= 11 is 0. The predicted molar refractivity (Wildman–Crippen MR) is 95.3 cm³/mol. The molecular weight excluding hydrogens is 316 g/mol. The Morgan fingerprint density at radius 2 is 1.92 bits per heavy atom. The maximum Gasteiger partial charge on any atom is 0.251 e. The Bertz CT molecular complexity index is 862. The van der Waals surface area contributed by atoms with E-state index in [9.17, 15) is 4.79 Å². The summed E-state index contributed by atoms with van der Waals surface area (Å²) in [6.07, 6.45) is 7.13. The molecule has 7 nitrogen and oxygen atoms in total. The topological polar surface area (TPSA) is 95.6 Å². The highest BCUT2D eigenvalue weighted by molar-refractivity contribution is 5.94. The highest BCUT2D eigenvalue weighted by Gasteiger charge is 2.24. The number of carbonyl (C=O) groups is 1. The highest BCUT2D eigenvalue weighted by atomic mass is 16.1. The van der Waals surface area contributed by atoms with Gasteiger partial charge in [0, 0.05) is 17.6 Å². The van der Waals surface area contributed by atoms with Gasteiger partial charge in [-0.2, -0.15) is 0 Å². The summed E-state index contributed by atoms with van der Waals surface area (Å²) in [7, 11) is 0. The molecule has 1 aliphatic rings. The number of nitrogens with one attached hydrogen (secondary N) is 3. The van der Waals surface area contributed by atoms with Crippen LogP contribution in [0.15, 0.2) is 43.0 Å². The van der Waals surface area contributed by atoms with Crippen LogP contribution < -0.4 is 10.6 Å². The van der Waals surface area contributed by atoms with E-state index in [0.29, 0.717) is 5.56 Å². The summed E-state index contributed by atoms with van der Waals surface area (Å²) in [5.74, 6) is 0.731. The second-order valence-electron chi connectivity index (χ2n) is 6.37. The van der Waals surface area contributed by atoms with Gasteiger partial charge in [0.2, 0.25) is 0 Å². The van der Waals surface area contributed by atoms with Gasteiger partial charge in [-0.1, -0.05) is 18.2 Å². The summed E-state index contributed by atoms with van der Waals surface area (Å²) in [4.78, 5) is 28.1. The smallest absolute Gasteiger partial charge is 0.251 e. The van der Waals surface area contributed by atoms with Crippen LogP contribution in [0, 0.1) is 0 Å². The Morgan fingerprint density at radius 1 is 1.08 bits per heavy atom.